The van der Waals surface area contributed by atoms with Gasteiger partial charge in [-0.1, -0.05) is 0 Å². The standard InChI is InChI=1S/C17H12F4N6O/c1-7-13-14-11(27-17(24-7)22-6-23-27)2-3-26(14)15(25-13)12-9(18)4-8(5-10(12)19)28-16(20)21/h4-6,16H,2-3H2,1H3,(H,22,23,24). The van der Waals surface area contributed by atoms with Crippen molar-refractivity contribution in [2.45, 2.75) is 26.5 Å². The monoisotopic (exact) mass is 392 g/mol. The summed E-state index contributed by atoms with van der Waals surface area (Å²) in [6, 6.07) is 1.45. The third-order valence-electron chi connectivity index (χ3n) is 4.74. The Morgan fingerprint density at radius 2 is 1.96 bits per heavy atom. The van der Waals surface area contributed by atoms with Crippen LogP contribution in [-0.2, 0) is 6.54 Å². The summed E-state index contributed by atoms with van der Waals surface area (Å²) in [5, 5.41) is 8.52. The zero-order valence-electron chi connectivity index (χ0n) is 14.4. The Kier molecular flexibility index (Phi) is 3.48. The Balaban J connectivity index is 1.76. The van der Waals surface area contributed by atoms with Crippen molar-refractivity contribution in [1.82, 2.24) is 24.3 Å². The lowest BCUT2D eigenvalue weighted by Crippen LogP contribution is -2.31. The predicted molar refractivity (Wildman–Crippen MR) is 89.6 cm³/mol. The SMILES string of the molecule is CC1=c2nc(-c3c(F)cc(OC(F)F)cc3F)n3c2=C(CC3)n2ncnc2N1. The van der Waals surface area contributed by atoms with E-state index in [0.717, 1.165) is 17.8 Å². The number of anilines is 1. The quantitative estimate of drug-likeness (QED) is 0.687. The van der Waals surface area contributed by atoms with E-state index in [0.29, 0.717) is 35.3 Å². The lowest BCUT2D eigenvalue weighted by Gasteiger charge is -2.09. The number of alkyl halides is 2. The highest BCUT2D eigenvalue weighted by Gasteiger charge is 2.28. The van der Waals surface area contributed by atoms with Gasteiger partial charge in [0.25, 0.3) is 0 Å². The van der Waals surface area contributed by atoms with Crippen LogP contribution < -0.4 is 20.8 Å². The van der Waals surface area contributed by atoms with Crippen LogP contribution >= 0.6 is 0 Å². The van der Waals surface area contributed by atoms with Gasteiger partial charge in [-0.3, -0.25) is 0 Å². The van der Waals surface area contributed by atoms with E-state index >= 15 is 0 Å². The van der Waals surface area contributed by atoms with E-state index in [1.807, 2.05) is 0 Å². The number of aromatic nitrogens is 5. The summed E-state index contributed by atoms with van der Waals surface area (Å²) in [6.45, 7) is -0.963. The van der Waals surface area contributed by atoms with Gasteiger partial charge in [-0.25, -0.2) is 18.4 Å². The minimum atomic E-state index is -3.18. The molecule has 11 heteroatoms. The number of hydrogen-bond acceptors (Lipinski definition) is 5. The molecular formula is C17H12F4N6O. The van der Waals surface area contributed by atoms with Crippen LogP contribution in [0.2, 0.25) is 0 Å². The third-order valence-corrected chi connectivity index (χ3v) is 4.74. The number of rotatable bonds is 3. The summed E-state index contributed by atoms with van der Waals surface area (Å²) in [5.74, 6) is -2.05. The van der Waals surface area contributed by atoms with E-state index in [4.69, 9.17) is 0 Å². The van der Waals surface area contributed by atoms with Gasteiger partial charge in [-0.15, -0.1) is 0 Å². The van der Waals surface area contributed by atoms with Crippen molar-refractivity contribution in [3.63, 3.8) is 0 Å². The minimum absolute atomic E-state index is 0.0725. The summed E-state index contributed by atoms with van der Waals surface area (Å²) < 4.78 is 61.4. The highest BCUT2D eigenvalue weighted by molar-refractivity contribution is 5.68. The van der Waals surface area contributed by atoms with Crippen LogP contribution in [0.25, 0.3) is 22.8 Å². The van der Waals surface area contributed by atoms with E-state index in [1.165, 1.54) is 6.33 Å². The van der Waals surface area contributed by atoms with Crippen LogP contribution in [0.1, 0.15) is 13.3 Å². The second-order valence-corrected chi connectivity index (χ2v) is 6.37. The van der Waals surface area contributed by atoms with Gasteiger partial charge in [0.2, 0.25) is 5.95 Å². The Morgan fingerprint density at radius 3 is 2.68 bits per heavy atom. The molecule has 0 amide bonds. The van der Waals surface area contributed by atoms with Gasteiger partial charge < -0.3 is 14.6 Å². The van der Waals surface area contributed by atoms with E-state index in [2.05, 4.69) is 25.1 Å². The van der Waals surface area contributed by atoms with Crippen LogP contribution in [0.4, 0.5) is 23.5 Å². The Bertz CT molecular complexity index is 1220. The van der Waals surface area contributed by atoms with Gasteiger partial charge in [0.15, 0.2) is 0 Å². The zero-order valence-corrected chi connectivity index (χ0v) is 14.4. The van der Waals surface area contributed by atoms with E-state index < -0.39 is 29.6 Å². The maximum absolute atomic E-state index is 14.6. The molecule has 0 saturated heterocycles. The first kappa shape index (κ1) is 16.8. The number of nitrogens with one attached hydrogen (secondary N) is 1. The Hall–Kier alpha value is -3.37. The Morgan fingerprint density at radius 1 is 1.21 bits per heavy atom. The first-order valence-corrected chi connectivity index (χ1v) is 8.36. The summed E-state index contributed by atoms with van der Waals surface area (Å²) in [6.07, 6.45) is 1.98. The number of halogens is 4. The summed E-state index contributed by atoms with van der Waals surface area (Å²) >= 11 is 0. The van der Waals surface area contributed by atoms with Gasteiger partial charge in [0.1, 0.15) is 34.9 Å². The second kappa shape index (κ2) is 5.81. The molecule has 0 spiro atoms. The molecule has 2 aromatic heterocycles. The number of benzene rings is 1. The molecule has 0 atom stereocenters. The van der Waals surface area contributed by atoms with Crippen molar-refractivity contribution in [2.24, 2.45) is 0 Å². The molecule has 28 heavy (non-hydrogen) atoms. The highest BCUT2D eigenvalue weighted by atomic mass is 19.3. The molecule has 3 aromatic rings. The molecule has 4 heterocycles. The van der Waals surface area contributed by atoms with Crippen molar-refractivity contribution in [3.8, 4) is 17.1 Å². The van der Waals surface area contributed by atoms with Crippen LogP contribution in [0.5, 0.6) is 5.75 Å². The predicted octanol–water partition coefficient (Wildman–Crippen LogP) is 1.63. The molecule has 5 rings (SSSR count). The van der Waals surface area contributed by atoms with Crippen LogP contribution in [0.3, 0.4) is 0 Å². The maximum atomic E-state index is 14.6. The number of nitrogens with zero attached hydrogens (tertiary/aromatic N) is 5. The number of fused-ring (bicyclic) bond motifs is 2. The van der Waals surface area contributed by atoms with E-state index in [-0.39, 0.29) is 5.82 Å². The van der Waals surface area contributed by atoms with Crippen LogP contribution in [-0.4, -0.2) is 30.9 Å². The third kappa shape index (κ3) is 2.31. The highest BCUT2D eigenvalue weighted by Crippen LogP contribution is 2.30. The Labute approximate surface area is 154 Å². The second-order valence-electron chi connectivity index (χ2n) is 6.37. The zero-order chi connectivity index (χ0) is 19.6. The van der Waals surface area contributed by atoms with Gasteiger partial charge >= 0.3 is 6.61 Å². The van der Waals surface area contributed by atoms with Crippen LogP contribution in [0.15, 0.2) is 18.5 Å². The van der Waals surface area contributed by atoms with Gasteiger partial charge in [-0.05, 0) is 6.92 Å². The summed E-state index contributed by atoms with van der Waals surface area (Å²) in [4.78, 5) is 8.60. The fourth-order valence-corrected chi connectivity index (χ4v) is 3.64. The minimum Gasteiger partial charge on any atom is -0.435 e. The van der Waals surface area contributed by atoms with Gasteiger partial charge in [-0.2, -0.15) is 18.9 Å². The smallest absolute Gasteiger partial charge is 0.387 e. The topological polar surface area (TPSA) is 69.8 Å². The van der Waals surface area contributed by atoms with Crippen LogP contribution in [0, 0.1) is 11.6 Å². The molecule has 7 nitrogen and oxygen atoms in total. The molecule has 1 N–H and O–H groups in total. The fraction of sp³-hybridized carbons (Fsp3) is 0.235. The van der Waals surface area contributed by atoms with Gasteiger partial charge in [0.05, 0.1) is 16.6 Å². The fourth-order valence-electron chi connectivity index (χ4n) is 3.64. The molecule has 0 fully saturated rings. The first-order chi connectivity index (χ1) is 13.4. The van der Waals surface area contributed by atoms with Crippen molar-refractivity contribution in [3.05, 3.63) is 40.8 Å². The molecule has 1 aromatic carbocycles. The number of imidazole rings is 1. The van der Waals surface area contributed by atoms with Gasteiger partial charge in [0, 0.05) is 30.8 Å². The molecule has 0 aliphatic carbocycles. The average Bonchev–Trinajstić information content (AvgIpc) is 3.28. The average molecular weight is 392 g/mol. The normalized spacial score (nSPS) is 14.8. The first-order valence-electron chi connectivity index (χ1n) is 8.36. The molecule has 0 saturated carbocycles. The molecule has 144 valence electrons. The lowest BCUT2D eigenvalue weighted by molar-refractivity contribution is -0.0501. The molecule has 2 aliphatic rings. The largest absolute Gasteiger partial charge is 0.435 e. The van der Waals surface area contributed by atoms with Crippen molar-refractivity contribution >= 4 is 17.3 Å². The lowest BCUT2D eigenvalue weighted by atomic mass is 10.1. The maximum Gasteiger partial charge on any atom is 0.387 e. The molecule has 0 bridgehead atoms. The number of hydrogen-bond donors (Lipinski definition) is 1. The number of ether oxygens (including phenoxy) is 1. The summed E-state index contributed by atoms with van der Waals surface area (Å²) in [7, 11) is 0. The van der Waals surface area contributed by atoms with Crippen molar-refractivity contribution < 1.29 is 22.3 Å². The van der Waals surface area contributed by atoms with Crippen molar-refractivity contribution in [1.29, 1.82) is 0 Å². The molecule has 0 radical (unpaired) electrons. The summed E-state index contributed by atoms with van der Waals surface area (Å²) in [5.41, 5.74) is 1.06. The molecule has 2 aliphatic heterocycles. The molecular weight excluding hydrogens is 380 g/mol. The van der Waals surface area contributed by atoms with Crippen molar-refractivity contribution in [2.75, 3.05) is 5.32 Å². The molecule has 0 unspecified atom stereocenters. The van der Waals surface area contributed by atoms with E-state index in [9.17, 15) is 17.6 Å². The van der Waals surface area contributed by atoms with E-state index in [1.54, 1.807) is 16.2 Å².